The van der Waals surface area contributed by atoms with Gasteiger partial charge in [0.15, 0.2) is 0 Å². The summed E-state index contributed by atoms with van der Waals surface area (Å²) in [6.45, 7) is 11.6. The molecule has 0 spiro atoms. The Balaban J connectivity index is 1.62. The van der Waals surface area contributed by atoms with E-state index in [1.807, 2.05) is 18.0 Å². The van der Waals surface area contributed by atoms with Gasteiger partial charge in [0, 0.05) is 29.8 Å². The minimum atomic E-state index is -0.104. The summed E-state index contributed by atoms with van der Waals surface area (Å²) in [7, 11) is 2.00. The molecule has 1 amide bonds. The molecule has 174 valence electrons. The Morgan fingerprint density at radius 2 is 1.77 bits per heavy atom. The number of carbonyl (C=O) groups excluding carboxylic acids is 2. The zero-order valence-electron chi connectivity index (χ0n) is 20.9. The summed E-state index contributed by atoms with van der Waals surface area (Å²) in [4.78, 5) is 28.4. The van der Waals surface area contributed by atoms with Gasteiger partial charge in [-0.3, -0.25) is 9.59 Å². The molecule has 0 bridgehead atoms. The van der Waals surface area contributed by atoms with Gasteiger partial charge in [-0.1, -0.05) is 47.1 Å². The lowest BCUT2D eigenvalue weighted by molar-refractivity contribution is -0.146. The zero-order valence-corrected chi connectivity index (χ0v) is 20.9. The lowest BCUT2D eigenvalue weighted by Crippen LogP contribution is -2.60. The topological polar surface area (TPSA) is 37.4 Å². The third-order valence-electron chi connectivity index (χ3n) is 11.0. The average Bonchev–Trinajstić information content (AvgIpc) is 3.11. The van der Waals surface area contributed by atoms with Crippen molar-refractivity contribution in [3.05, 3.63) is 12.2 Å². The van der Waals surface area contributed by atoms with E-state index in [9.17, 15) is 9.59 Å². The molecule has 0 radical (unpaired) electrons. The van der Waals surface area contributed by atoms with Crippen molar-refractivity contribution in [1.29, 1.82) is 0 Å². The molecule has 1 aliphatic heterocycles. The van der Waals surface area contributed by atoms with Crippen LogP contribution in [0.25, 0.3) is 0 Å². The molecule has 7 atom stereocenters. The standard InChI is InChI=1S/C28H45NO2/c1-7-16-28(8-2,9-3)25(31)22-12-11-20-19-10-13-23-27(5,18-15-24(30)29(23)6)21(19)14-17-26(20,22)4/h15,18-23H,7-14,16-17H2,1-6H3/t19-,20-,21+,22?,23?,26-,27+/m0/s1. The van der Waals surface area contributed by atoms with E-state index in [0.29, 0.717) is 29.6 Å². The van der Waals surface area contributed by atoms with Crippen LogP contribution in [0.1, 0.15) is 98.8 Å². The number of hydrogen-bond donors (Lipinski definition) is 0. The van der Waals surface area contributed by atoms with Crippen molar-refractivity contribution >= 4 is 11.7 Å². The predicted octanol–water partition coefficient (Wildman–Crippen LogP) is 6.42. The second kappa shape index (κ2) is 8.03. The highest BCUT2D eigenvalue weighted by atomic mass is 16.2. The van der Waals surface area contributed by atoms with Gasteiger partial charge in [-0.2, -0.15) is 0 Å². The lowest BCUT2D eigenvalue weighted by Gasteiger charge is -2.60. The first-order valence-corrected chi connectivity index (χ1v) is 13.2. The number of likely N-dealkylation sites (N-methyl/N-ethyl adjacent to an activating group) is 1. The second-order valence-electron chi connectivity index (χ2n) is 11.9. The highest BCUT2D eigenvalue weighted by Crippen LogP contribution is 2.66. The monoisotopic (exact) mass is 427 g/mol. The molecule has 0 N–H and O–H groups in total. The number of Topliss-reactive ketones (excluding diaryl/α,β-unsaturated/α-hetero) is 1. The number of ketones is 1. The Bertz CT molecular complexity index is 752. The number of carbonyl (C=O) groups is 2. The minimum absolute atomic E-state index is 0.0911. The zero-order chi connectivity index (χ0) is 22.6. The quantitative estimate of drug-likeness (QED) is 0.490. The van der Waals surface area contributed by atoms with Crippen LogP contribution >= 0.6 is 0 Å². The number of amides is 1. The van der Waals surface area contributed by atoms with Gasteiger partial charge >= 0.3 is 0 Å². The van der Waals surface area contributed by atoms with Crippen LogP contribution in [-0.2, 0) is 9.59 Å². The smallest absolute Gasteiger partial charge is 0.246 e. The first-order chi connectivity index (χ1) is 14.7. The van der Waals surface area contributed by atoms with Gasteiger partial charge in [0.05, 0.1) is 0 Å². The number of hydrogen-bond acceptors (Lipinski definition) is 2. The number of nitrogens with zero attached hydrogens (tertiary/aromatic N) is 1. The Kier molecular flexibility index (Phi) is 5.97. The van der Waals surface area contributed by atoms with Crippen LogP contribution in [0.5, 0.6) is 0 Å². The molecule has 0 aromatic rings. The molecular weight excluding hydrogens is 382 g/mol. The molecule has 0 aromatic heterocycles. The fourth-order valence-electron chi connectivity index (χ4n) is 9.09. The summed E-state index contributed by atoms with van der Waals surface area (Å²) in [5.74, 6) is 3.03. The highest BCUT2D eigenvalue weighted by Gasteiger charge is 2.62. The molecule has 3 nitrogen and oxygen atoms in total. The van der Waals surface area contributed by atoms with Crippen molar-refractivity contribution in [1.82, 2.24) is 4.90 Å². The van der Waals surface area contributed by atoms with Gasteiger partial charge in [-0.05, 0) is 87.0 Å². The van der Waals surface area contributed by atoms with Crippen LogP contribution < -0.4 is 0 Å². The van der Waals surface area contributed by atoms with E-state index in [4.69, 9.17) is 0 Å². The van der Waals surface area contributed by atoms with Gasteiger partial charge in [-0.15, -0.1) is 0 Å². The van der Waals surface area contributed by atoms with Gasteiger partial charge in [0.1, 0.15) is 5.78 Å². The third kappa shape index (κ3) is 3.19. The van der Waals surface area contributed by atoms with E-state index in [1.165, 1.54) is 25.7 Å². The molecule has 3 saturated carbocycles. The molecule has 3 heteroatoms. The maximum absolute atomic E-state index is 14.1. The van der Waals surface area contributed by atoms with Crippen molar-refractivity contribution in [2.24, 2.45) is 39.9 Å². The van der Waals surface area contributed by atoms with E-state index in [1.54, 1.807) is 0 Å². The molecule has 3 aliphatic carbocycles. The van der Waals surface area contributed by atoms with Crippen molar-refractivity contribution in [2.75, 3.05) is 7.05 Å². The summed E-state index contributed by atoms with van der Waals surface area (Å²) < 4.78 is 0. The van der Waals surface area contributed by atoms with E-state index < -0.39 is 0 Å². The van der Waals surface area contributed by atoms with Crippen LogP contribution in [0.4, 0.5) is 0 Å². The molecule has 1 heterocycles. The van der Waals surface area contributed by atoms with Gasteiger partial charge in [0.25, 0.3) is 0 Å². The summed E-state index contributed by atoms with van der Waals surface area (Å²) >= 11 is 0. The minimum Gasteiger partial charge on any atom is -0.338 e. The van der Waals surface area contributed by atoms with E-state index in [2.05, 4.69) is 40.7 Å². The first-order valence-electron chi connectivity index (χ1n) is 13.2. The Morgan fingerprint density at radius 3 is 2.42 bits per heavy atom. The largest absolute Gasteiger partial charge is 0.338 e. The molecule has 31 heavy (non-hydrogen) atoms. The fraction of sp³-hybridized carbons (Fsp3) is 0.857. The first kappa shape index (κ1) is 23.1. The molecule has 4 rings (SSSR count). The Labute approximate surface area is 190 Å². The van der Waals surface area contributed by atoms with Gasteiger partial charge < -0.3 is 4.90 Å². The van der Waals surface area contributed by atoms with Crippen molar-refractivity contribution in [3.8, 4) is 0 Å². The maximum Gasteiger partial charge on any atom is 0.246 e. The molecule has 3 fully saturated rings. The number of rotatable bonds is 6. The Hall–Kier alpha value is -1.12. The van der Waals surface area contributed by atoms with Crippen molar-refractivity contribution in [3.63, 3.8) is 0 Å². The van der Waals surface area contributed by atoms with Crippen LogP contribution in [0.2, 0.25) is 0 Å². The second-order valence-corrected chi connectivity index (χ2v) is 11.9. The predicted molar refractivity (Wildman–Crippen MR) is 127 cm³/mol. The molecule has 4 aliphatic rings. The molecule has 0 saturated heterocycles. The summed E-state index contributed by atoms with van der Waals surface area (Å²) in [6, 6.07) is 0.340. The van der Waals surface area contributed by atoms with E-state index in [-0.39, 0.29) is 28.1 Å². The van der Waals surface area contributed by atoms with Crippen LogP contribution in [0, 0.1) is 39.9 Å². The fourth-order valence-corrected chi connectivity index (χ4v) is 9.09. The van der Waals surface area contributed by atoms with Gasteiger partial charge in [0.2, 0.25) is 5.91 Å². The summed E-state index contributed by atoms with van der Waals surface area (Å²) in [5.41, 5.74) is 0.158. The SMILES string of the molecule is CCCC(CC)(CC)C(=O)C1CC[C@H]2[C@@H]3CCC4N(C)C(=O)C=C[C@]4(C)[C@@H]3CC[C@]12C. The number of fused-ring (bicyclic) bond motifs is 5. The van der Waals surface area contributed by atoms with E-state index >= 15 is 0 Å². The molecular formula is C28H45NO2. The van der Waals surface area contributed by atoms with Crippen molar-refractivity contribution < 1.29 is 9.59 Å². The Morgan fingerprint density at radius 1 is 1.06 bits per heavy atom. The van der Waals surface area contributed by atoms with E-state index in [0.717, 1.165) is 38.5 Å². The van der Waals surface area contributed by atoms with Crippen LogP contribution in [0.3, 0.4) is 0 Å². The summed E-state index contributed by atoms with van der Waals surface area (Å²) in [6.07, 6.45) is 15.3. The average molecular weight is 428 g/mol. The highest BCUT2D eigenvalue weighted by molar-refractivity contribution is 5.89. The maximum atomic E-state index is 14.1. The van der Waals surface area contributed by atoms with Crippen molar-refractivity contribution in [2.45, 2.75) is 105 Å². The van der Waals surface area contributed by atoms with Crippen LogP contribution in [0.15, 0.2) is 12.2 Å². The molecule has 0 aromatic carbocycles. The third-order valence-corrected chi connectivity index (χ3v) is 11.0. The normalized spacial score (nSPS) is 42.2. The van der Waals surface area contributed by atoms with Crippen LogP contribution in [-0.4, -0.2) is 29.7 Å². The van der Waals surface area contributed by atoms with Gasteiger partial charge in [-0.25, -0.2) is 0 Å². The lowest BCUT2D eigenvalue weighted by atomic mass is 9.47. The summed E-state index contributed by atoms with van der Waals surface area (Å²) in [5, 5.41) is 0. The molecule has 2 unspecified atom stereocenters.